The molecule has 0 saturated carbocycles. The summed E-state index contributed by atoms with van der Waals surface area (Å²) in [6.07, 6.45) is 4.22. The molecule has 0 radical (unpaired) electrons. The van der Waals surface area contributed by atoms with Crippen molar-refractivity contribution < 1.29 is 14.7 Å². The van der Waals surface area contributed by atoms with E-state index in [1.54, 1.807) is 16.7 Å². The molecule has 0 aromatic carbocycles. The van der Waals surface area contributed by atoms with Gasteiger partial charge >= 0.3 is 5.97 Å². The van der Waals surface area contributed by atoms with Crippen LogP contribution in [0, 0.1) is 11.8 Å². The zero-order valence-electron chi connectivity index (χ0n) is 11.2. The molecule has 5 nitrogen and oxygen atoms in total. The van der Waals surface area contributed by atoms with Crippen LogP contribution in [0.1, 0.15) is 20.3 Å². The van der Waals surface area contributed by atoms with Gasteiger partial charge in [-0.1, -0.05) is 26.0 Å². The number of carbonyl (C=O) groups is 2. The summed E-state index contributed by atoms with van der Waals surface area (Å²) in [4.78, 5) is 25.4. The van der Waals surface area contributed by atoms with E-state index in [4.69, 9.17) is 5.73 Å². The van der Waals surface area contributed by atoms with E-state index in [1.807, 2.05) is 26.0 Å². The number of hydrogen-bond acceptors (Lipinski definition) is 4. The third kappa shape index (κ3) is 2.79. The standard InChI is InChI=1S/C13H20N2O3S/c1-7(2)12-15(10(6-19-12)13(17)18)11(16)8-3-4-9(14)5-8/h3-4,7-10,12H,5-6,14H2,1-2H3,(H,17,18). The minimum atomic E-state index is -0.921. The number of rotatable bonds is 3. The lowest BCUT2D eigenvalue weighted by Gasteiger charge is -2.31. The SMILES string of the molecule is CC(C)C1SCC(C(=O)O)N1C(=O)C1C=CC(N)C1. The van der Waals surface area contributed by atoms with Crippen molar-refractivity contribution in [3.05, 3.63) is 12.2 Å². The van der Waals surface area contributed by atoms with E-state index in [9.17, 15) is 14.7 Å². The van der Waals surface area contributed by atoms with E-state index < -0.39 is 12.0 Å². The van der Waals surface area contributed by atoms with Crippen molar-refractivity contribution in [3.8, 4) is 0 Å². The van der Waals surface area contributed by atoms with Gasteiger partial charge in [-0.15, -0.1) is 11.8 Å². The normalized spacial score (nSPS) is 34.2. The molecule has 6 heteroatoms. The van der Waals surface area contributed by atoms with Gasteiger partial charge in [-0.25, -0.2) is 4.79 Å². The fraction of sp³-hybridized carbons (Fsp3) is 0.692. The molecule has 1 heterocycles. The predicted molar refractivity (Wildman–Crippen MR) is 74.6 cm³/mol. The van der Waals surface area contributed by atoms with Crippen LogP contribution >= 0.6 is 11.8 Å². The minimum Gasteiger partial charge on any atom is -0.480 e. The maximum absolute atomic E-state index is 12.6. The highest BCUT2D eigenvalue weighted by Crippen LogP contribution is 2.36. The molecule has 106 valence electrons. The second-order valence-electron chi connectivity index (χ2n) is 5.46. The smallest absolute Gasteiger partial charge is 0.327 e. The van der Waals surface area contributed by atoms with E-state index >= 15 is 0 Å². The number of nitrogens with two attached hydrogens (primary N) is 1. The summed E-state index contributed by atoms with van der Waals surface area (Å²) in [5, 5.41) is 9.22. The van der Waals surface area contributed by atoms with Crippen LogP contribution in [0.5, 0.6) is 0 Å². The van der Waals surface area contributed by atoms with E-state index in [0.29, 0.717) is 12.2 Å². The van der Waals surface area contributed by atoms with Crippen LogP contribution in [-0.4, -0.2) is 45.1 Å². The fourth-order valence-corrected chi connectivity index (χ4v) is 4.09. The van der Waals surface area contributed by atoms with Crippen molar-refractivity contribution in [2.24, 2.45) is 17.6 Å². The first-order valence-electron chi connectivity index (χ1n) is 6.52. The Labute approximate surface area is 117 Å². The number of amides is 1. The van der Waals surface area contributed by atoms with Crippen LogP contribution in [0.4, 0.5) is 0 Å². The van der Waals surface area contributed by atoms with Crippen molar-refractivity contribution in [2.75, 3.05) is 5.75 Å². The molecule has 0 spiro atoms. The molecule has 1 aliphatic heterocycles. The molecule has 1 amide bonds. The van der Waals surface area contributed by atoms with Gasteiger partial charge in [-0.05, 0) is 12.3 Å². The maximum atomic E-state index is 12.6. The van der Waals surface area contributed by atoms with E-state index in [1.165, 1.54) is 0 Å². The van der Waals surface area contributed by atoms with Gasteiger partial charge < -0.3 is 15.7 Å². The minimum absolute atomic E-state index is 0.0566. The Hall–Kier alpha value is -1.01. The lowest BCUT2D eigenvalue weighted by atomic mass is 10.0. The summed E-state index contributed by atoms with van der Waals surface area (Å²) in [5.41, 5.74) is 5.77. The summed E-state index contributed by atoms with van der Waals surface area (Å²) < 4.78 is 0. The Kier molecular flexibility index (Phi) is 4.20. The average Bonchev–Trinajstić information content (AvgIpc) is 2.93. The highest BCUT2D eigenvalue weighted by Gasteiger charge is 2.44. The summed E-state index contributed by atoms with van der Waals surface area (Å²) in [5.74, 6) is -0.586. The van der Waals surface area contributed by atoms with Gasteiger partial charge in [0.05, 0.1) is 11.3 Å². The van der Waals surface area contributed by atoms with Crippen molar-refractivity contribution >= 4 is 23.6 Å². The lowest BCUT2D eigenvalue weighted by molar-refractivity contribution is -0.150. The molecule has 3 N–H and O–H groups in total. The summed E-state index contributed by atoms with van der Waals surface area (Å²) in [6, 6.07) is -0.805. The molecule has 1 aliphatic carbocycles. The fourth-order valence-electron chi connectivity index (χ4n) is 2.61. The zero-order valence-corrected chi connectivity index (χ0v) is 12.0. The molecule has 19 heavy (non-hydrogen) atoms. The lowest BCUT2D eigenvalue weighted by Crippen LogP contribution is -2.49. The van der Waals surface area contributed by atoms with E-state index in [2.05, 4.69) is 0 Å². The van der Waals surface area contributed by atoms with E-state index in [0.717, 1.165) is 0 Å². The molecular weight excluding hydrogens is 264 g/mol. The van der Waals surface area contributed by atoms with Crippen molar-refractivity contribution in [3.63, 3.8) is 0 Å². The largest absolute Gasteiger partial charge is 0.480 e. The van der Waals surface area contributed by atoms with Gasteiger partial charge in [-0.3, -0.25) is 4.79 Å². The van der Waals surface area contributed by atoms with Crippen molar-refractivity contribution in [2.45, 2.75) is 37.7 Å². The van der Waals surface area contributed by atoms with Crippen LogP contribution < -0.4 is 5.73 Å². The third-order valence-electron chi connectivity index (χ3n) is 3.58. The Morgan fingerprint density at radius 1 is 1.42 bits per heavy atom. The Morgan fingerprint density at radius 2 is 2.11 bits per heavy atom. The van der Waals surface area contributed by atoms with Crippen molar-refractivity contribution in [1.29, 1.82) is 0 Å². The molecule has 2 rings (SSSR count). The molecule has 1 fully saturated rings. The first-order valence-corrected chi connectivity index (χ1v) is 7.57. The summed E-state index contributed by atoms with van der Waals surface area (Å²) in [7, 11) is 0. The van der Waals surface area contributed by atoms with Gasteiger partial charge in [0.1, 0.15) is 6.04 Å². The first kappa shape index (κ1) is 14.4. The van der Waals surface area contributed by atoms with Crippen LogP contribution in [-0.2, 0) is 9.59 Å². The molecule has 0 bridgehead atoms. The van der Waals surface area contributed by atoms with Gasteiger partial charge in [0.2, 0.25) is 5.91 Å². The topological polar surface area (TPSA) is 83.6 Å². The van der Waals surface area contributed by atoms with Gasteiger partial charge in [-0.2, -0.15) is 0 Å². The van der Waals surface area contributed by atoms with Gasteiger partial charge in [0.15, 0.2) is 0 Å². The molecular formula is C13H20N2O3S. The third-order valence-corrected chi connectivity index (χ3v) is 5.20. The van der Waals surface area contributed by atoms with E-state index in [-0.39, 0.29) is 29.2 Å². The monoisotopic (exact) mass is 284 g/mol. The number of aliphatic carboxylic acids is 1. The number of carbonyl (C=O) groups excluding carboxylic acids is 1. The second kappa shape index (κ2) is 5.54. The predicted octanol–water partition coefficient (Wildman–Crippen LogP) is 0.900. The van der Waals surface area contributed by atoms with Crippen molar-refractivity contribution in [1.82, 2.24) is 4.90 Å². The summed E-state index contributed by atoms with van der Waals surface area (Å²) >= 11 is 1.55. The average molecular weight is 284 g/mol. The van der Waals surface area contributed by atoms with Crippen LogP contribution in [0.15, 0.2) is 12.2 Å². The second-order valence-corrected chi connectivity index (χ2v) is 6.61. The van der Waals surface area contributed by atoms with Crippen LogP contribution in [0.2, 0.25) is 0 Å². The number of thioether (sulfide) groups is 1. The summed E-state index contributed by atoms with van der Waals surface area (Å²) in [6.45, 7) is 4.02. The Balaban J connectivity index is 2.19. The van der Waals surface area contributed by atoms with Gasteiger partial charge in [0.25, 0.3) is 0 Å². The molecule has 4 atom stereocenters. The Morgan fingerprint density at radius 3 is 2.58 bits per heavy atom. The number of carboxylic acid groups (broad SMARTS) is 1. The first-order chi connectivity index (χ1) is 8.91. The van der Waals surface area contributed by atoms with Crippen LogP contribution in [0.3, 0.4) is 0 Å². The molecule has 1 saturated heterocycles. The molecule has 0 aromatic heterocycles. The molecule has 0 aromatic rings. The highest BCUT2D eigenvalue weighted by atomic mass is 32.2. The molecule has 2 aliphatic rings. The Bertz CT molecular complexity index is 411. The van der Waals surface area contributed by atoms with Crippen LogP contribution in [0.25, 0.3) is 0 Å². The molecule has 4 unspecified atom stereocenters. The highest BCUT2D eigenvalue weighted by molar-refractivity contribution is 8.00. The maximum Gasteiger partial charge on any atom is 0.327 e. The number of carboxylic acids is 1. The van der Waals surface area contributed by atoms with Gasteiger partial charge in [0, 0.05) is 11.8 Å². The number of hydrogen-bond donors (Lipinski definition) is 2. The zero-order chi connectivity index (χ0) is 14.2. The quantitative estimate of drug-likeness (QED) is 0.752. The number of nitrogens with zero attached hydrogens (tertiary/aromatic N) is 1.